The van der Waals surface area contributed by atoms with Gasteiger partial charge in [0.05, 0.1) is 6.04 Å². The Morgan fingerprint density at radius 3 is 3.00 bits per heavy atom. The van der Waals surface area contributed by atoms with Crippen LogP contribution in [0.4, 0.5) is 5.69 Å². The van der Waals surface area contributed by atoms with Crippen LogP contribution < -0.4 is 10.6 Å². The lowest BCUT2D eigenvalue weighted by atomic mass is 10.1. The molecular formula is C11H12N4O. The van der Waals surface area contributed by atoms with Gasteiger partial charge in [0.1, 0.15) is 0 Å². The molecule has 1 aliphatic rings. The van der Waals surface area contributed by atoms with Gasteiger partial charge in [-0.05, 0) is 18.2 Å². The SMILES string of the molecule is c1cc(NC2CNC2)cc(-c2nnco2)c1. The molecule has 1 aromatic carbocycles. The van der Waals surface area contributed by atoms with Crippen molar-refractivity contribution in [1.29, 1.82) is 0 Å². The highest BCUT2D eigenvalue weighted by atomic mass is 16.4. The molecule has 0 spiro atoms. The number of aromatic nitrogens is 2. The zero-order valence-electron chi connectivity index (χ0n) is 8.68. The summed E-state index contributed by atoms with van der Waals surface area (Å²) in [4.78, 5) is 0. The van der Waals surface area contributed by atoms with Crippen LogP contribution in [0.5, 0.6) is 0 Å². The molecule has 1 saturated heterocycles. The topological polar surface area (TPSA) is 63.0 Å². The van der Waals surface area contributed by atoms with Crippen molar-refractivity contribution >= 4 is 5.69 Å². The van der Waals surface area contributed by atoms with Crippen LogP contribution >= 0.6 is 0 Å². The van der Waals surface area contributed by atoms with E-state index in [4.69, 9.17) is 4.42 Å². The second kappa shape index (κ2) is 3.94. The summed E-state index contributed by atoms with van der Waals surface area (Å²) in [6, 6.07) is 8.52. The number of hydrogen-bond acceptors (Lipinski definition) is 5. The predicted octanol–water partition coefficient (Wildman–Crippen LogP) is 1.12. The van der Waals surface area contributed by atoms with Crippen LogP contribution in [-0.4, -0.2) is 29.3 Å². The molecule has 5 nitrogen and oxygen atoms in total. The average Bonchev–Trinajstić information content (AvgIpc) is 2.77. The summed E-state index contributed by atoms with van der Waals surface area (Å²) >= 11 is 0. The third-order valence-corrected chi connectivity index (χ3v) is 2.62. The molecular weight excluding hydrogens is 204 g/mol. The van der Waals surface area contributed by atoms with E-state index >= 15 is 0 Å². The molecule has 0 unspecified atom stereocenters. The maximum atomic E-state index is 5.16. The Bertz CT molecular complexity index is 465. The quantitative estimate of drug-likeness (QED) is 0.805. The third-order valence-electron chi connectivity index (χ3n) is 2.62. The molecule has 5 heteroatoms. The Hall–Kier alpha value is -1.88. The molecule has 1 aliphatic heterocycles. The van der Waals surface area contributed by atoms with E-state index in [1.165, 1.54) is 6.39 Å². The Labute approximate surface area is 92.9 Å². The van der Waals surface area contributed by atoms with Crippen molar-refractivity contribution in [2.45, 2.75) is 6.04 Å². The first-order valence-corrected chi connectivity index (χ1v) is 5.26. The molecule has 16 heavy (non-hydrogen) atoms. The van der Waals surface area contributed by atoms with E-state index < -0.39 is 0 Å². The standard InChI is InChI=1S/C11H12N4O/c1-2-8(11-15-13-7-16-11)4-9(3-1)14-10-5-12-6-10/h1-4,7,10,12,14H,5-6H2. The highest BCUT2D eigenvalue weighted by Crippen LogP contribution is 2.21. The molecule has 0 saturated carbocycles. The highest BCUT2D eigenvalue weighted by molar-refractivity contribution is 5.61. The van der Waals surface area contributed by atoms with E-state index in [0.717, 1.165) is 24.3 Å². The van der Waals surface area contributed by atoms with Crippen LogP contribution in [0.15, 0.2) is 35.1 Å². The maximum Gasteiger partial charge on any atom is 0.247 e. The minimum Gasteiger partial charge on any atom is -0.423 e. The van der Waals surface area contributed by atoms with Gasteiger partial charge in [-0.2, -0.15) is 0 Å². The van der Waals surface area contributed by atoms with Crippen LogP contribution in [0, 0.1) is 0 Å². The molecule has 0 amide bonds. The van der Waals surface area contributed by atoms with Gasteiger partial charge in [0.15, 0.2) is 0 Å². The molecule has 1 aromatic heterocycles. The molecule has 2 heterocycles. The fraction of sp³-hybridized carbons (Fsp3) is 0.273. The van der Waals surface area contributed by atoms with E-state index in [1.54, 1.807) is 0 Å². The molecule has 0 radical (unpaired) electrons. The van der Waals surface area contributed by atoms with Crippen LogP contribution in [0.25, 0.3) is 11.5 Å². The first-order chi connectivity index (χ1) is 7.92. The Morgan fingerprint density at radius 2 is 2.31 bits per heavy atom. The van der Waals surface area contributed by atoms with Crippen LogP contribution in [-0.2, 0) is 0 Å². The van der Waals surface area contributed by atoms with Crippen molar-refractivity contribution in [1.82, 2.24) is 15.5 Å². The highest BCUT2D eigenvalue weighted by Gasteiger charge is 2.16. The van der Waals surface area contributed by atoms with Crippen molar-refractivity contribution in [2.75, 3.05) is 18.4 Å². The summed E-state index contributed by atoms with van der Waals surface area (Å²) in [5.41, 5.74) is 2.02. The second-order valence-corrected chi connectivity index (χ2v) is 3.82. The van der Waals surface area contributed by atoms with Gasteiger partial charge < -0.3 is 15.1 Å². The normalized spacial score (nSPS) is 15.8. The number of benzene rings is 1. The predicted molar refractivity (Wildman–Crippen MR) is 60.0 cm³/mol. The molecule has 2 aromatic rings. The molecule has 0 atom stereocenters. The van der Waals surface area contributed by atoms with Gasteiger partial charge in [-0.15, -0.1) is 10.2 Å². The van der Waals surface area contributed by atoms with Gasteiger partial charge in [-0.1, -0.05) is 6.07 Å². The van der Waals surface area contributed by atoms with Crippen molar-refractivity contribution in [3.63, 3.8) is 0 Å². The van der Waals surface area contributed by atoms with E-state index in [2.05, 4.69) is 20.8 Å². The van der Waals surface area contributed by atoms with Gasteiger partial charge in [-0.25, -0.2) is 0 Å². The van der Waals surface area contributed by atoms with E-state index in [9.17, 15) is 0 Å². The molecule has 82 valence electrons. The Kier molecular flexibility index (Phi) is 2.30. The zero-order chi connectivity index (χ0) is 10.8. The van der Waals surface area contributed by atoms with Crippen molar-refractivity contribution in [2.24, 2.45) is 0 Å². The number of rotatable bonds is 3. The summed E-state index contributed by atoms with van der Waals surface area (Å²) in [5.74, 6) is 0.551. The lowest BCUT2D eigenvalue weighted by Gasteiger charge is -2.29. The largest absolute Gasteiger partial charge is 0.423 e. The minimum atomic E-state index is 0.526. The van der Waals surface area contributed by atoms with Crippen LogP contribution in [0.3, 0.4) is 0 Å². The molecule has 1 fully saturated rings. The average molecular weight is 216 g/mol. The van der Waals surface area contributed by atoms with E-state index in [1.807, 2.05) is 24.3 Å². The van der Waals surface area contributed by atoms with Gasteiger partial charge in [-0.3, -0.25) is 0 Å². The van der Waals surface area contributed by atoms with Crippen molar-refractivity contribution < 1.29 is 4.42 Å². The fourth-order valence-corrected chi connectivity index (χ4v) is 1.67. The lowest BCUT2D eigenvalue weighted by Crippen LogP contribution is -2.51. The second-order valence-electron chi connectivity index (χ2n) is 3.82. The van der Waals surface area contributed by atoms with E-state index in [-0.39, 0.29) is 0 Å². The molecule has 3 rings (SSSR count). The number of anilines is 1. The van der Waals surface area contributed by atoms with Crippen LogP contribution in [0.2, 0.25) is 0 Å². The number of hydrogen-bond donors (Lipinski definition) is 2. The Balaban J connectivity index is 1.82. The molecule has 2 N–H and O–H groups in total. The summed E-state index contributed by atoms with van der Waals surface area (Å²) in [6.45, 7) is 2.04. The third kappa shape index (κ3) is 1.77. The van der Waals surface area contributed by atoms with Gasteiger partial charge >= 0.3 is 0 Å². The van der Waals surface area contributed by atoms with Crippen molar-refractivity contribution in [3.8, 4) is 11.5 Å². The number of nitrogens with zero attached hydrogens (tertiary/aromatic N) is 2. The summed E-state index contributed by atoms with van der Waals surface area (Å²) in [5, 5.41) is 14.2. The van der Waals surface area contributed by atoms with E-state index in [0.29, 0.717) is 11.9 Å². The summed E-state index contributed by atoms with van der Waals surface area (Å²) in [6.07, 6.45) is 1.34. The lowest BCUT2D eigenvalue weighted by molar-refractivity contribution is 0.472. The van der Waals surface area contributed by atoms with Crippen molar-refractivity contribution in [3.05, 3.63) is 30.7 Å². The Morgan fingerprint density at radius 1 is 1.38 bits per heavy atom. The van der Waals surface area contributed by atoms with Gasteiger partial charge in [0, 0.05) is 24.3 Å². The fourth-order valence-electron chi connectivity index (χ4n) is 1.67. The van der Waals surface area contributed by atoms with Gasteiger partial charge in [0.25, 0.3) is 0 Å². The zero-order valence-corrected chi connectivity index (χ0v) is 8.68. The van der Waals surface area contributed by atoms with Crippen LogP contribution in [0.1, 0.15) is 0 Å². The molecule has 0 aliphatic carbocycles. The smallest absolute Gasteiger partial charge is 0.247 e. The first-order valence-electron chi connectivity index (χ1n) is 5.26. The first kappa shape index (κ1) is 9.35. The number of nitrogens with one attached hydrogen (secondary N) is 2. The monoisotopic (exact) mass is 216 g/mol. The maximum absolute atomic E-state index is 5.16. The minimum absolute atomic E-state index is 0.526. The summed E-state index contributed by atoms with van der Waals surface area (Å²) in [7, 11) is 0. The summed E-state index contributed by atoms with van der Waals surface area (Å²) < 4.78 is 5.16. The van der Waals surface area contributed by atoms with Gasteiger partial charge in [0.2, 0.25) is 12.3 Å². The molecule has 0 bridgehead atoms.